The maximum Gasteiger partial charge on any atom is 0.221 e. The molecule has 0 aromatic rings. The molecule has 6 heteroatoms. The van der Waals surface area contributed by atoms with Crippen molar-refractivity contribution in [1.82, 2.24) is 5.32 Å². The number of thiol groups is 1. The van der Waals surface area contributed by atoms with Crippen molar-refractivity contribution < 1.29 is 13.2 Å². The van der Waals surface area contributed by atoms with Crippen LogP contribution in [0.15, 0.2) is 0 Å². The highest BCUT2D eigenvalue weighted by molar-refractivity contribution is 7.90. The summed E-state index contributed by atoms with van der Waals surface area (Å²) in [5, 5.41) is 2.57. The first kappa shape index (κ1) is 12.8. The molecule has 0 bridgehead atoms. The van der Waals surface area contributed by atoms with Crippen LogP contribution in [0.5, 0.6) is 0 Å². The third-order valence-corrected chi connectivity index (χ3v) is 2.63. The van der Waals surface area contributed by atoms with Crippen molar-refractivity contribution in [3.05, 3.63) is 0 Å². The van der Waals surface area contributed by atoms with Gasteiger partial charge in [0, 0.05) is 18.7 Å². The molecule has 0 rings (SSSR count). The van der Waals surface area contributed by atoms with Crippen LogP contribution < -0.4 is 5.32 Å². The van der Waals surface area contributed by atoms with E-state index < -0.39 is 9.84 Å². The summed E-state index contributed by atoms with van der Waals surface area (Å²) in [6.45, 7) is 1.66. The summed E-state index contributed by atoms with van der Waals surface area (Å²) in [6, 6.07) is -0.331. The number of rotatable bonds is 5. The molecule has 1 amide bonds. The second kappa shape index (κ2) is 5.49. The monoisotopic (exact) mass is 225 g/mol. The van der Waals surface area contributed by atoms with E-state index in [2.05, 4.69) is 17.9 Å². The van der Waals surface area contributed by atoms with Crippen molar-refractivity contribution in [2.75, 3.05) is 17.8 Å². The molecular weight excluding hydrogens is 210 g/mol. The van der Waals surface area contributed by atoms with E-state index in [0.29, 0.717) is 12.2 Å². The van der Waals surface area contributed by atoms with Gasteiger partial charge in [0.1, 0.15) is 9.84 Å². The molecule has 0 aliphatic carbocycles. The highest BCUT2D eigenvalue weighted by atomic mass is 32.2. The van der Waals surface area contributed by atoms with E-state index in [4.69, 9.17) is 0 Å². The third-order valence-electron chi connectivity index (χ3n) is 1.30. The Hall–Kier alpha value is -0.230. The molecule has 0 spiro atoms. The Kier molecular flexibility index (Phi) is 5.39. The first-order valence-electron chi connectivity index (χ1n) is 3.93. The van der Waals surface area contributed by atoms with Crippen LogP contribution in [-0.2, 0) is 14.6 Å². The fourth-order valence-electron chi connectivity index (χ4n) is 0.944. The van der Waals surface area contributed by atoms with E-state index >= 15 is 0 Å². The first-order chi connectivity index (χ1) is 5.85. The average molecular weight is 225 g/mol. The summed E-state index contributed by atoms with van der Waals surface area (Å²) >= 11 is 3.89. The molecule has 78 valence electrons. The lowest BCUT2D eigenvalue weighted by Crippen LogP contribution is -2.37. The van der Waals surface area contributed by atoms with Gasteiger partial charge in [-0.2, -0.15) is 12.6 Å². The van der Waals surface area contributed by atoms with Crippen molar-refractivity contribution in [1.29, 1.82) is 0 Å². The van der Waals surface area contributed by atoms with E-state index in [1.165, 1.54) is 0 Å². The molecule has 0 fully saturated rings. The van der Waals surface area contributed by atoms with Gasteiger partial charge < -0.3 is 5.32 Å². The second-order valence-corrected chi connectivity index (χ2v) is 5.67. The maximum absolute atomic E-state index is 11.0. The summed E-state index contributed by atoms with van der Waals surface area (Å²) in [6.07, 6.45) is 1.46. The molecule has 0 aromatic carbocycles. The third kappa shape index (κ3) is 8.11. The summed E-state index contributed by atoms with van der Waals surface area (Å²) < 4.78 is 21.6. The highest BCUT2D eigenvalue weighted by Gasteiger charge is 2.12. The Balaban J connectivity index is 3.88. The van der Waals surface area contributed by atoms with Crippen molar-refractivity contribution in [3.63, 3.8) is 0 Å². The van der Waals surface area contributed by atoms with Crippen LogP contribution in [0.4, 0.5) is 0 Å². The minimum absolute atomic E-state index is 0.0225. The molecule has 13 heavy (non-hydrogen) atoms. The Morgan fingerprint density at radius 3 is 2.46 bits per heavy atom. The SMILES string of the molecule is CC(CS(C)(=O)=O)NC(=O)CCS. The molecule has 0 aromatic heterocycles. The second-order valence-electron chi connectivity index (χ2n) is 3.03. The van der Waals surface area contributed by atoms with Gasteiger partial charge in [-0.05, 0) is 12.7 Å². The topological polar surface area (TPSA) is 63.2 Å². The molecule has 0 aliphatic rings. The molecule has 0 aliphatic heterocycles. The summed E-state index contributed by atoms with van der Waals surface area (Å²) in [5.74, 6) is 0.286. The van der Waals surface area contributed by atoms with Crippen molar-refractivity contribution in [2.45, 2.75) is 19.4 Å². The van der Waals surface area contributed by atoms with Gasteiger partial charge in [0.25, 0.3) is 0 Å². The minimum atomic E-state index is -3.02. The van der Waals surface area contributed by atoms with Crippen LogP contribution in [0, 0.1) is 0 Å². The van der Waals surface area contributed by atoms with E-state index in [9.17, 15) is 13.2 Å². The van der Waals surface area contributed by atoms with Crippen LogP contribution in [0.2, 0.25) is 0 Å². The predicted octanol–water partition coefficient (Wildman–Crippen LogP) is -0.144. The first-order valence-corrected chi connectivity index (χ1v) is 6.62. The number of sulfone groups is 1. The molecular formula is C7H15NO3S2. The standard InChI is InChI=1S/C7H15NO3S2/c1-6(5-13(2,10)11)8-7(9)3-4-12/h6,12H,3-5H2,1-2H3,(H,8,9). The molecule has 1 N–H and O–H groups in total. The number of carbonyl (C=O) groups is 1. The van der Waals surface area contributed by atoms with Gasteiger partial charge in [-0.1, -0.05) is 0 Å². The number of carbonyl (C=O) groups excluding carboxylic acids is 1. The molecule has 1 atom stereocenters. The summed E-state index contributed by atoms with van der Waals surface area (Å²) in [7, 11) is -3.02. The van der Waals surface area contributed by atoms with Gasteiger partial charge >= 0.3 is 0 Å². The van der Waals surface area contributed by atoms with Gasteiger partial charge in [0.15, 0.2) is 0 Å². The lowest BCUT2D eigenvalue weighted by molar-refractivity contribution is -0.121. The largest absolute Gasteiger partial charge is 0.353 e. The van der Waals surface area contributed by atoms with Crippen LogP contribution in [0.1, 0.15) is 13.3 Å². The zero-order chi connectivity index (χ0) is 10.5. The van der Waals surface area contributed by atoms with E-state index in [0.717, 1.165) is 6.26 Å². The van der Waals surface area contributed by atoms with Crippen molar-refractivity contribution in [2.24, 2.45) is 0 Å². The van der Waals surface area contributed by atoms with Crippen LogP contribution in [0.25, 0.3) is 0 Å². The Morgan fingerprint density at radius 1 is 1.54 bits per heavy atom. The lowest BCUT2D eigenvalue weighted by Gasteiger charge is -2.11. The summed E-state index contributed by atoms with van der Waals surface area (Å²) in [4.78, 5) is 11.0. The Morgan fingerprint density at radius 2 is 2.08 bits per heavy atom. The van der Waals surface area contributed by atoms with E-state index in [1.807, 2.05) is 0 Å². The number of hydrogen-bond acceptors (Lipinski definition) is 4. The lowest BCUT2D eigenvalue weighted by atomic mass is 10.3. The highest BCUT2D eigenvalue weighted by Crippen LogP contribution is 1.92. The fourth-order valence-corrected chi connectivity index (χ4v) is 2.14. The number of nitrogens with one attached hydrogen (secondary N) is 1. The average Bonchev–Trinajstić information content (AvgIpc) is 1.81. The van der Waals surface area contributed by atoms with Gasteiger partial charge in [0.2, 0.25) is 5.91 Å². The smallest absolute Gasteiger partial charge is 0.221 e. The van der Waals surface area contributed by atoms with E-state index in [-0.39, 0.29) is 17.7 Å². The molecule has 1 unspecified atom stereocenters. The van der Waals surface area contributed by atoms with Crippen LogP contribution in [-0.4, -0.2) is 38.1 Å². The zero-order valence-electron chi connectivity index (χ0n) is 7.78. The normalized spacial score (nSPS) is 13.8. The van der Waals surface area contributed by atoms with Gasteiger partial charge in [-0.3, -0.25) is 4.79 Å². The van der Waals surface area contributed by atoms with Gasteiger partial charge in [-0.25, -0.2) is 8.42 Å². The Bertz CT molecular complexity index is 261. The van der Waals surface area contributed by atoms with Crippen molar-refractivity contribution in [3.8, 4) is 0 Å². The fraction of sp³-hybridized carbons (Fsp3) is 0.857. The quantitative estimate of drug-likeness (QED) is 0.640. The van der Waals surface area contributed by atoms with E-state index in [1.54, 1.807) is 6.92 Å². The minimum Gasteiger partial charge on any atom is -0.353 e. The summed E-state index contributed by atoms with van der Waals surface area (Å²) in [5.41, 5.74) is 0. The molecule has 0 radical (unpaired) electrons. The predicted molar refractivity (Wildman–Crippen MR) is 55.8 cm³/mol. The maximum atomic E-state index is 11.0. The molecule has 4 nitrogen and oxygen atoms in total. The molecule has 0 saturated heterocycles. The van der Waals surface area contributed by atoms with Crippen LogP contribution in [0.3, 0.4) is 0 Å². The van der Waals surface area contributed by atoms with Crippen molar-refractivity contribution >= 4 is 28.4 Å². The number of hydrogen-bond donors (Lipinski definition) is 2. The molecule has 0 heterocycles. The van der Waals surface area contributed by atoms with Gasteiger partial charge in [0.05, 0.1) is 5.75 Å². The van der Waals surface area contributed by atoms with Crippen LogP contribution >= 0.6 is 12.6 Å². The zero-order valence-corrected chi connectivity index (χ0v) is 9.49. The number of amides is 1. The van der Waals surface area contributed by atoms with Gasteiger partial charge in [-0.15, -0.1) is 0 Å². The Labute approximate surface area is 84.4 Å². The molecule has 0 saturated carbocycles.